The lowest BCUT2D eigenvalue weighted by Gasteiger charge is -2.05. The third kappa shape index (κ3) is 5.68. The van der Waals surface area contributed by atoms with E-state index in [-0.39, 0.29) is 5.91 Å². The highest BCUT2D eigenvalue weighted by Crippen LogP contribution is 2.20. The van der Waals surface area contributed by atoms with E-state index in [0.717, 1.165) is 38.9 Å². The molecule has 132 valence electrons. The van der Waals surface area contributed by atoms with E-state index in [1.54, 1.807) is 0 Å². The van der Waals surface area contributed by atoms with Gasteiger partial charge in [0.1, 0.15) is 0 Å². The number of aryl methyl sites for hydroxylation is 1. The van der Waals surface area contributed by atoms with Crippen molar-refractivity contribution in [2.24, 2.45) is 7.05 Å². The number of hydrogen-bond acceptors (Lipinski definition) is 2. The van der Waals surface area contributed by atoms with E-state index in [1.807, 2.05) is 0 Å². The van der Waals surface area contributed by atoms with E-state index < -0.39 is 0 Å². The summed E-state index contributed by atoms with van der Waals surface area (Å²) in [4.78, 5) is 11.9. The molecule has 1 aromatic carbocycles. The molecule has 0 aliphatic heterocycles. The highest BCUT2D eigenvalue weighted by Gasteiger charge is 2.06. The Morgan fingerprint density at radius 3 is 2.79 bits per heavy atom. The molecule has 0 radical (unpaired) electrons. The van der Waals surface area contributed by atoms with Gasteiger partial charge >= 0.3 is 0 Å². The molecule has 0 aliphatic rings. The molecule has 0 saturated carbocycles. The van der Waals surface area contributed by atoms with Crippen molar-refractivity contribution < 1.29 is 9.53 Å². The van der Waals surface area contributed by atoms with Gasteiger partial charge in [-0.3, -0.25) is 4.79 Å². The van der Waals surface area contributed by atoms with Gasteiger partial charge in [-0.05, 0) is 37.3 Å². The Bertz CT molecular complexity index is 634. The molecule has 2 aromatic rings. The normalized spacial score (nSPS) is 11.1. The number of aromatic nitrogens is 1. The molecule has 0 unspecified atom stereocenters. The molecule has 4 heteroatoms. The average Bonchev–Trinajstić information content (AvgIpc) is 2.91. The van der Waals surface area contributed by atoms with E-state index in [1.165, 1.54) is 22.9 Å². The number of carbonyl (C=O) groups is 1. The number of hydrogen-bond donors (Lipinski definition) is 1. The maximum atomic E-state index is 11.9. The van der Waals surface area contributed by atoms with Crippen LogP contribution >= 0.6 is 0 Å². The van der Waals surface area contributed by atoms with Crippen molar-refractivity contribution in [1.82, 2.24) is 9.88 Å². The number of amides is 1. The lowest BCUT2D eigenvalue weighted by atomic mass is 10.1. The predicted molar refractivity (Wildman–Crippen MR) is 99.2 cm³/mol. The van der Waals surface area contributed by atoms with Gasteiger partial charge in [0.15, 0.2) is 0 Å². The van der Waals surface area contributed by atoms with E-state index >= 15 is 0 Å². The van der Waals surface area contributed by atoms with Crippen LogP contribution in [0.5, 0.6) is 0 Å². The Kier molecular flexibility index (Phi) is 7.83. The van der Waals surface area contributed by atoms with E-state index in [4.69, 9.17) is 4.74 Å². The number of benzene rings is 1. The molecule has 0 spiro atoms. The summed E-state index contributed by atoms with van der Waals surface area (Å²) in [5, 5.41) is 4.30. The number of nitrogens with one attached hydrogen (secondary N) is 1. The first-order valence-corrected chi connectivity index (χ1v) is 9.09. The Morgan fingerprint density at radius 1 is 1.17 bits per heavy atom. The second-order valence-electron chi connectivity index (χ2n) is 6.31. The molecule has 0 bridgehead atoms. The first-order valence-electron chi connectivity index (χ1n) is 9.09. The first-order chi connectivity index (χ1) is 11.7. The van der Waals surface area contributed by atoms with Gasteiger partial charge in [-0.15, -0.1) is 0 Å². The predicted octanol–water partition coefficient (Wildman–Crippen LogP) is 3.82. The van der Waals surface area contributed by atoms with Crippen LogP contribution in [-0.4, -0.2) is 30.2 Å². The van der Waals surface area contributed by atoms with Crippen LogP contribution in [0, 0.1) is 0 Å². The molecule has 1 aromatic heterocycles. The zero-order valence-corrected chi connectivity index (χ0v) is 15.0. The summed E-state index contributed by atoms with van der Waals surface area (Å²) < 4.78 is 7.65. The summed E-state index contributed by atoms with van der Waals surface area (Å²) in [6.45, 7) is 4.46. The van der Waals surface area contributed by atoms with Crippen molar-refractivity contribution in [3.05, 3.63) is 36.0 Å². The van der Waals surface area contributed by atoms with Gasteiger partial charge in [0.05, 0.1) is 0 Å². The minimum Gasteiger partial charge on any atom is -0.381 e. The van der Waals surface area contributed by atoms with Gasteiger partial charge in [-0.1, -0.05) is 31.5 Å². The molecule has 2 rings (SSSR count). The van der Waals surface area contributed by atoms with Crippen LogP contribution in [0.15, 0.2) is 30.5 Å². The number of para-hydroxylation sites is 1. The quantitative estimate of drug-likeness (QED) is 0.636. The average molecular weight is 330 g/mol. The summed E-state index contributed by atoms with van der Waals surface area (Å²) in [5.74, 6) is 0.142. The second kappa shape index (κ2) is 10.1. The topological polar surface area (TPSA) is 43.3 Å². The van der Waals surface area contributed by atoms with Gasteiger partial charge < -0.3 is 14.6 Å². The molecule has 0 aliphatic carbocycles. The SMILES string of the molecule is CCCCOCCCCC(=O)NCCc1cn(C)c2ccccc12. The van der Waals surface area contributed by atoms with Crippen LogP contribution in [0.2, 0.25) is 0 Å². The Balaban J connectivity index is 1.62. The van der Waals surface area contributed by atoms with Crippen LogP contribution in [0.4, 0.5) is 0 Å². The lowest BCUT2D eigenvalue weighted by Crippen LogP contribution is -2.25. The van der Waals surface area contributed by atoms with Crippen molar-refractivity contribution in [3.63, 3.8) is 0 Å². The molecule has 0 atom stereocenters. The number of fused-ring (bicyclic) bond motifs is 1. The standard InChI is InChI=1S/C20H30N2O2/c1-3-4-14-24-15-8-7-11-20(23)21-13-12-17-16-22(2)19-10-6-5-9-18(17)19/h5-6,9-10,16H,3-4,7-8,11-15H2,1-2H3,(H,21,23). The largest absolute Gasteiger partial charge is 0.381 e. The fraction of sp³-hybridized carbons (Fsp3) is 0.550. The summed E-state index contributed by atoms with van der Waals surface area (Å²) in [7, 11) is 2.06. The highest BCUT2D eigenvalue weighted by molar-refractivity contribution is 5.84. The Morgan fingerprint density at radius 2 is 1.96 bits per heavy atom. The van der Waals surface area contributed by atoms with Gasteiger partial charge in [0.2, 0.25) is 5.91 Å². The molecule has 4 nitrogen and oxygen atoms in total. The summed E-state index contributed by atoms with van der Waals surface area (Å²) in [6.07, 6.45) is 7.75. The summed E-state index contributed by atoms with van der Waals surface area (Å²) >= 11 is 0. The van der Waals surface area contributed by atoms with Crippen LogP contribution in [0.1, 0.15) is 44.6 Å². The molecule has 24 heavy (non-hydrogen) atoms. The monoisotopic (exact) mass is 330 g/mol. The van der Waals surface area contributed by atoms with Crippen molar-refractivity contribution in [1.29, 1.82) is 0 Å². The van der Waals surface area contributed by atoms with Gasteiger partial charge in [0, 0.05) is 50.3 Å². The van der Waals surface area contributed by atoms with E-state index in [2.05, 4.69) is 54.3 Å². The van der Waals surface area contributed by atoms with Crippen molar-refractivity contribution in [2.75, 3.05) is 19.8 Å². The third-order valence-corrected chi connectivity index (χ3v) is 4.28. The number of unbranched alkanes of at least 4 members (excludes halogenated alkanes) is 2. The van der Waals surface area contributed by atoms with Gasteiger partial charge in [-0.25, -0.2) is 0 Å². The van der Waals surface area contributed by atoms with Crippen LogP contribution in [0.3, 0.4) is 0 Å². The third-order valence-electron chi connectivity index (χ3n) is 4.28. The summed E-state index contributed by atoms with van der Waals surface area (Å²) in [5.41, 5.74) is 2.53. The zero-order chi connectivity index (χ0) is 17.2. The van der Waals surface area contributed by atoms with Crippen LogP contribution < -0.4 is 5.32 Å². The number of ether oxygens (including phenoxy) is 1. The van der Waals surface area contributed by atoms with Crippen LogP contribution in [-0.2, 0) is 23.0 Å². The molecule has 1 amide bonds. The van der Waals surface area contributed by atoms with Gasteiger partial charge in [-0.2, -0.15) is 0 Å². The Hall–Kier alpha value is -1.81. The van der Waals surface area contributed by atoms with E-state index in [9.17, 15) is 4.79 Å². The first kappa shape index (κ1) is 18.5. The second-order valence-corrected chi connectivity index (χ2v) is 6.31. The van der Waals surface area contributed by atoms with E-state index in [0.29, 0.717) is 13.0 Å². The van der Waals surface area contributed by atoms with Crippen LogP contribution in [0.25, 0.3) is 10.9 Å². The number of nitrogens with zero attached hydrogens (tertiary/aromatic N) is 1. The zero-order valence-electron chi connectivity index (χ0n) is 15.0. The Labute approximate surface area is 145 Å². The fourth-order valence-corrected chi connectivity index (χ4v) is 2.89. The molecular formula is C20H30N2O2. The smallest absolute Gasteiger partial charge is 0.220 e. The van der Waals surface area contributed by atoms with Crippen molar-refractivity contribution >= 4 is 16.8 Å². The fourth-order valence-electron chi connectivity index (χ4n) is 2.89. The molecule has 1 heterocycles. The maximum absolute atomic E-state index is 11.9. The maximum Gasteiger partial charge on any atom is 0.220 e. The van der Waals surface area contributed by atoms with Gasteiger partial charge in [0.25, 0.3) is 0 Å². The van der Waals surface area contributed by atoms with Crippen molar-refractivity contribution in [2.45, 2.75) is 45.4 Å². The van der Waals surface area contributed by atoms with Crippen molar-refractivity contribution in [3.8, 4) is 0 Å². The minimum atomic E-state index is 0.142. The molecule has 0 saturated heterocycles. The molecular weight excluding hydrogens is 300 g/mol. The number of carbonyl (C=O) groups excluding carboxylic acids is 1. The minimum absolute atomic E-state index is 0.142. The number of rotatable bonds is 11. The lowest BCUT2D eigenvalue weighted by molar-refractivity contribution is -0.121. The summed E-state index contributed by atoms with van der Waals surface area (Å²) in [6, 6.07) is 8.39. The molecule has 0 fully saturated rings. The molecule has 1 N–H and O–H groups in total. The highest BCUT2D eigenvalue weighted by atomic mass is 16.5.